The summed E-state index contributed by atoms with van der Waals surface area (Å²) in [6.45, 7) is 6.12. The summed E-state index contributed by atoms with van der Waals surface area (Å²) in [7, 11) is 0. The van der Waals surface area contributed by atoms with Gasteiger partial charge in [0.25, 0.3) is 0 Å². The summed E-state index contributed by atoms with van der Waals surface area (Å²) in [6.07, 6.45) is -0.294. The van der Waals surface area contributed by atoms with Crippen molar-refractivity contribution in [2.24, 2.45) is 11.1 Å². The monoisotopic (exact) mass is 311 g/mol. The number of halogens is 3. The Labute approximate surface area is 125 Å². The standard InChI is InChI=1S/C13H19Cl2NO.ClH/c1-13(2,3)11(16)7-10(17)12-8(14)5-4-6-9(12)15;/h4-6,10-11,17H,7,16H2,1-3H3;1H/t10-,11+;/m0./s1. The lowest BCUT2D eigenvalue weighted by Crippen LogP contribution is -2.36. The topological polar surface area (TPSA) is 46.2 Å². The average Bonchev–Trinajstić information content (AvgIpc) is 2.15. The fourth-order valence-electron chi connectivity index (χ4n) is 1.54. The van der Waals surface area contributed by atoms with Gasteiger partial charge in [-0.3, -0.25) is 0 Å². The van der Waals surface area contributed by atoms with Gasteiger partial charge in [-0.05, 0) is 24.0 Å². The third-order valence-electron chi connectivity index (χ3n) is 2.92. The molecule has 5 heteroatoms. The normalized spacial score (nSPS) is 14.8. The molecule has 0 aliphatic heterocycles. The molecule has 0 saturated heterocycles. The van der Waals surface area contributed by atoms with Gasteiger partial charge in [-0.1, -0.05) is 50.0 Å². The Kier molecular flexibility index (Phi) is 6.97. The number of aliphatic hydroxyl groups is 1. The Morgan fingerprint density at radius 2 is 1.67 bits per heavy atom. The Morgan fingerprint density at radius 3 is 2.06 bits per heavy atom. The van der Waals surface area contributed by atoms with Crippen LogP contribution < -0.4 is 5.73 Å². The minimum Gasteiger partial charge on any atom is -0.388 e. The second-order valence-corrected chi connectivity index (χ2v) is 6.17. The van der Waals surface area contributed by atoms with Crippen LogP contribution in [0.4, 0.5) is 0 Å². The van der Waals surface area contributed by atoms with Gasteiger partial charge in [0.2, 0.25) is 0 Å². The highest BCUT2D eigenvalue weighted by Crippen LogP contribution is 2.34. The highest BCUT2D eigenvalue weighted by Gasteiger charge is 2.25. The highest BCUT2D eigenvalue weighted by molar-refractivity contribution is 6.36. The van der Waals surface area contributed by atoms with Gasteiger partial charge in [0.15, 0.2) is 0 Å². The van der Waals surface area contributed by atoms with Gasteiger partial charge in [0, 0.05) is 21.7 Å². The number of rotatable bonds is 3. The maximum atomic E-state index is 10.2. The second-order valence-electron chi connectivity index (χ2n) is 5.36. The maximum absolute atomic E-state index is 10.2. The van der Waals surface area contributed by atoms with Gasteiger partial charge >= 0.3 is 0 Å². The second kappa shape index (κ2) is 6.97. The molecule has 0 amide bonds. The summed E-state index contributed by atoms with van der Waals surface area (Å²) >= 11 is 12.1. The zero-order valence-electron chi connectivity index (χ0n) is 10.8. The molecule has 0 bridgehead atoms. The number of hydrogen-bond acceptors (Lipinski definition) is 2. The Balaban J connectivity index is 0.00000289. The molecule has 0 unspecified atom stereocenters. The van der Waals surface area contributed by atoms with Crippen molar-refractivity contribution in [1.82, 2.24) is 0 Å². The molecule has 0 aliphatic rings. The summed E-state index contributed by atoms with van der Waals surface area (Å²) in [5.74, 6) is 0. The molecule has 0 saturated carbocycles. The molecule has 104 valence electrons. The van der Waals surface area contributed by atoms with Gasteiger partial charge in [-0.15, -0.1) is 12.4 Å². The van der Waals surface area contributed by atoms with Gasteiger partial charge in [-0.2, -0.15) is 0 Å². The molecule has 0 aliphatic carbocycles. The van der Waals surface area contributed by atoms with Crippen molar-refractivity contribution in [2.45, 2.75) is 39.3 Å². The zero-order chi connectivity index (χ0) is 13.2. The fraction of sp³-hybridized carbons (Fsp3) is 0.538. The quantitative estimate of drug-likeness (QED) is 0.878. The van der Waals surface area contributed by atoms with E-state index in [1.54, 1.807) is 18.2 Å². The van der Waals surface area contributed by atoms with Crippen LogP contribution in [0.1, 0.15) is 38.9 Å². The van der Waals surface area contributed by atoms with Gasteiger partial charge in [-0.25, -0.2) is 0 Å². The van der Waals surface area contributed by atoms with E-state index < -0.39 is 6.10 Å². The SMILES string of the molecule is CC(C)(C)[C@H](N)C[C@H](O)c1c(Cl)cccc1Cl.Cl. The van der Waals surface area contributed by atoms with E-state index in [-0.39, 0.29) is 23.9 Å². The Bertz CT molecular complexity index is 370. The predicted octanol–water partition coefficient (Wildman–Crippen LogP) is 4.21. The molecule has 1 aromatic rings. The van der Waals surface area contributed by atoms with Crippen LogP contribution in [0.3, 0.4) is 0 Å². The lowest BCUT2D eigenvalue weighted by molar-refractivity contribution is 0.133. The molecule has 18 heavy (non-hydrogen) atoms. The maximum Gasteiger partial charge on any atom is 0.0834 e. The summed E-state index contributed by atoms with van der Waals surface area (Å²) < 4.78 is 0. The molecule has 0 fully saturated rings. The molecule has 0 heterocycles. The smallest absolute Gasteiger partial charge is 0.0834 e. The van der Waals surface area contributed by atoms with Crippen LogP contribution in [0.25, 0.3) is 0 Å². The first-order valence-corrected chi connectivity index (χ1v) is 6.36. The summed E-state index contributed by atoms with van der Waals surface area (Å²) in [5.41, 5.74) is 6.55. The van der Waals surface area contributed by atoms with Crippen LogP contribution in [-0.2, 0) is 0 Å². The first kappa shape index (κ1) is 18.0. The van der Waals surface area contributed by atoms with E-state index in [4.69, 9.17) is 28.9 Å². The van der Waals surface area contributed by atoms with Crippen LogP contribution in [0.2, 0.25) is 10.0 Å². The lowest BCUT2D eigenvalue weighted by Gasteiger charge is -2.29. The van der Waals surface area contributed by atoms with Crippen molar-refractivity contribution in [1.29, 1.82) is 0 Å². The van der Waals surface area contributed by atoms with Gasteiger partial charge in [0.05, 0.1) is 6.10 Å². The van der Waals surface area contributed by atoms with E-state index in [1.165, 1.54) is 0 Å². The molecule has 0 radical (unpaired) electrons. The number of benzene rings is 1. The van der Waals surface area contributed by atoms with E-state index in [1.807, 2.05) is 20.8 Å². The van der Waals surface area contributed by atoms with E-state index in [9.17, 15) is 5.11 Å². The van der Waals surface area contributed by atoms with Crippen LogP contribution in [0, 0.1) is 5.41 Å². The molecule has 2 nitrogen and oxygen atoms in total. The van der Waals surface area contributed by atoms with Crippen LogP contribution in [0.5, 0.6) is 0 Å². The predicted molar refractivity (Wildman–Crippen MR) is 80.7 cm³/mol. The average molecular weight is 313 g/mol. The fourth-order valence-corrected chi connectivity index (χ4v) is 2.19. The molecular weight excluding hydrogens is 293 g/mol. The molecule has 1 rings (SSSR count). The highest BCUT2D eigenvalue weighted by atomic mass is 35.5. The summed E-state index contributed by atoms with van der Waals surface area (Å²) in [4.78, 5) is 0. The van der Waals surface area contributed by atoms with E-state index in [2.05, 4.69) is 0 Å². The summed E-state index contributed by atoms with van der Waals surface area (Å²) in [6, 6.07) is 5.07. The molecule has 0 spiro atoms. The van der Waals surface area contributed by atoms with E-state index in [0.717, 1.165) is 0 Å². The van der Waals surface area contributed by atoms with Crippen molar-refractivity contribution in [3.63, 3.8) is 0 Å². The molecule has 3 N–H and O–H groups in total. The minimum atomic E-state index is -0.731. The van der Waals surface area contributed by atoms with Gasteiger partial charge < -0.3 is 10.8 Å². The van der Waals surface area contributed by atoms with Crippen LogP contribution in [0.15, 0.2) is 18.2 Å². The van der Waals surface area contributed by atoms with Crippen molar-refractivity contribution in [3.05, 3.63) is 33.8 Å². The first-order valence-electron chi connectivity index (χ1n) is 5.61. The zero-order valence-corrected chi connectivity index (χ0v) is 13.1. The third kappa shape index (κ3) is 4.60. The molecule has 2 atom stereocenters. The molecule has 1 aromatic carbocycles. The van der Waals surface area contributed by atoms with E-state index >= 15 is 0 Å². The van der Waals surface area contributed by atoms with E-state index in [0.29, 0.717) is 22.0 Å². The van der Waals surface area contributed by atoms with Crippen LogP contribution >= 0.6 is 35.6 Å². The lowest BCUT2D eigenvalue weighted by atomic mass is 9.83. The Hall–Kier alpha value is 0.01000. The van der Waals surface area contributed by atoms with Crippen molar-refractivity contribution < 1.29 is 5.11 Å². The number of hydrogen-bond donors (Lipinski definition) is 2. The minimum absolute atomic E-state index is 0. The largest absolute Gasteiger partial charge is 0.388 e. The molecular formula is C13H20Cl3NO. The number of nitrogens with two attached hydrogens (primary N) is 1. The van der Waals surface area contributed by atoms with Gasteiger partial charge in [0.1, 0.15) is 0 Å². The van der Waals surface area contributed by atoms with Crippen molar-refractivity contribution in [2.75, 3.05) is 0 Å². The Morgan fingerprint density at radius 1 is 1.22 bits per heavy atom. The van der Waals surface area contributed by atoms with Crippen molar-refractivity contribution in [3.8, 4) is 0 Å². The first-order chi connectivity index (χ1) is 7.73. The summed E-state index contributed by atoms with van der Waals surface area (Å²) in [5, 5.41) is 11.1. The third-order valence-corrected chi connectivity index (χ3v) is 3.58. The number of aliphatic hydroxyl groups excluding tert-OH is 1. The van der Waals surface area contributed by atoms with Crippen LogP contribution in [-0.4, -0.2) is 11.1 Å². The molecule has 0 aromatic heterocycles. The van der Waals surface area contributed by atoms with Crippen molar-refractivity contribution >= 4 is 35.6 Å².